The molecule has 0 amide bonds. The molecule has 0 rings (SSSR count). The van der Waals surface area contributed by atoms with Crippen LogP contribution in [0, 0.1) is 0 Å². The summed E-state index contributed by atoms with van der Waals surface area (Å²) in [6.07, 6.45) is 36.7. The zero-order valence-corrected chi connectivity index (χ0v) is 36.1. The molecule has 0 bridgehead atoms. The number of carbonyl (C=O) groups is 2. The smallest absolute Gasteiger partial charge is 0.306 e. The van der Waals surface area contributed by atoms with Crippen molar-refractivity contribution in [3.05, 3.63) is 12.2 Å². The van der Waals surface area contributed by atoms with E-state index in [2.05, 4.69) is 26.0 Å². The third-order valence-electron chi connectivity index (χ3n) is 9.54. The molecule has 0 aromatic heterocycles. The van der Waals surface area contributed by atoms with Gasteiger partial charge in [0.2, 0.25) is 0 Å². The van der Waals surface area contributed by atoms with Crippen molar-refractivity contribution in [3.63, 3.8) is 0 Å². The van der Waals surface area contributed by atoms with Gasteiger partial charge in [0.05, 0.1) is 27.7 Å². The van der Waals surface area contributed by atoms with Crippen LogP contribution in [-0.2, 0) is 32.7 Å². The van der Waals surface area contributed by atoms with E-state index in [1.165, 1.54) is 109 Å². The Morgan fingerprint density at radius 1 is 0.566 bits per heavy atom. The van der Waals surface area contributed by atoms with Crippen LogP contribution in [0.4, 0.5) is 0 Å². The lowest BCUT2D eigenvalue weighted by Gasteiger charge is -2.28. The topological polar surface area (TPSA) is 111 Å². The molecular weight excluding hydrogens is 689 g/mol. The summed E-state index contributed by atoms with van der Waals surface area (Å²) in [6.45, 7) is 4.20. The summed E-state index contributed by atoms with van der Waals surface area (Å²) in [6, 6.07) is 0. The van der Waals surface area contributed by atoms with Gasteiger partial charge in [0, 0.05) is 12.8 Å². The fraction of sp³-hybridized carbons (Fsp3) is 0.907. The Kier molecular flexibility index (Phi) is 35.5. The fourth-order valence-corrected chi connectivity index (χ4v) is 6.78. The Labute approximate surface area is 326 Å². The number of hydrogen-bond donors (Lipinski definition) is 0. The van der Waals surface area contributed by atoms with Gasteiger partial charge in [-0.25, -0.2) is 0 Å². The van der Waals surface area contributed by atoms with Gasteiger partial charge in [0.15, 0.2) is 6.10 Å². The first-order valence-corrected chi connectivity index (χ1v) is 23.4. The summed E-state index contributed by atoms with van der Waals surface area (Å²) in [4.78, 5) is 37.4. The average Bonchev–Trinajstić information content (AvgIpc) is 3.10. The van der Waals surface area contributed by atoms with Crippen molar-refractivity contribution in [3.8, 4) is 0 Å². The van der Waals surface area contributed by atoms with Crippen molar-refractivity contribution >= 4 is 19.8 Å². The van der Waals surface area contributed by atoms with Crippen LogP contribution >= 0.6 is 7.82 Å². The van der Waals surface area contributed by atoms with Gasteiger partial charge >= 0.3 is 11.9 Å². The standard InChI is InChI=1S/C43H84NO8P/c1-6-8-10-12-14-16-18-19-20-21-22-23-24-26-28-30-32-34-36-43(46)52-41(40-51-53(47,48)50-38-37-44(3,4)5)39-49-42(45)35-33-31-29-27-25-17-15-13-11-9-7-2/h13,15,41H,6-12,14,16-40H2,1-5H3/b15-13+/t41-/m1/s1. The molecule has 0 heterocycles. The summed E-state index contributed by atoms with van der Waals surface area (Å²) in [5, 5.41) is 0. The van der Waals surface area contributed by atoms with E-state index in [1.54, 1.807) is 0 Å². The van der Waals surface area contributed by atoms with Crippen molar-refractivity contribution in [2.45, 2.75) is 206 Å². The number of rotatable bonds is 40. The summed E-state index contributed by atoms with van der Waals surface area (Å²) in [7, 11) is 1.17. The van der Waals surface area contributed by atoms with Crippen LogP contribution in [0.2, 0.25) is 0 Å². The van der Waals surface area contributed by atoms with E-state index in [4.69, 9.17) is 18.5 Å². The van der Waals surface area contributed by atoms with Crippen LogP contribution in [0.5, 0.6) is 0 Å². The molecule has 0 saturated heterocycles. The maximum absolute atomic E-state index is 12.7. The number of likely N-dealkylation sites (N-methyl/N-ethyl adjacent to an activating group) is 1. The van der Waals surface area contributed by atoms with Crippen LogP contribution in [0.15, 0.2) is 12.2 Å². The maximum Gasteiger partial charge on any atom is 0.306 e. The Balaban J connectivity index is 4.30. The van der Waals surface area contributed by atoms with Gasteiger partial charge in [-0.2, -0.15) is 0 Å². The molecule has 0 aliphatic heterocycles. The van der Waals surface area contributed by atoms with E-state index < -0.39 is 32.5 Å². The predicted molar refractivity (Wildman–Crippen MR) is 218 cm³/mol. The van der Waals surface area contributed by atoms with Crippen LogP contribution < -0.4 is 4.89 Å². The molecule has 1 unspecified atom stereocenters. The number of allylic oxidation sites excluding steroid dienone is 2. The van der Waals surface area contributed by atoms with E-state index in [9.17, 15) is 19.0 Å². The van der Waals surface area contributed by atoms with Crippen molar-refractivity contribution in [2.75, 3.05) is 47.5 Å². The zero-order valence-electron chi connectivity index (χ0n) is 35.2. The normalized spacial score (nSPS) is 13.7. The molecular formula is C43H84NO8P. The summed E-state index contributed by atoms with van der Waals surface area (Å²) < 4.78 is 33.8. The molecule has 10 heteroatoms. The minimum absolute atomic E-state index is 0.0290. The number of quaternary nitrogens is 1. The minimum atomic E-state index is -4.62. The average molecular weight is 774 g/mol. The lowest BCUT2D eigenvalue weighted by molar-refractivity contribution is -0.870. The maximum atomic E-state index is 12.7. The number of phosphoric ester groups is 1. The number of unbranched alkanes of at least 4 members (excludes halogenated alkanes) is 24. The molecule has 9 nitrogen and oxygen atoms in total. The first-order chi connectivity index (χ1) is 25.5. The molecule has 0 N–H and O–H groups in total. The Bertz CT molecular complexity index is 922. The van der Waals surface area contributed by atoms with E-state index in [0.29, 0.717) is 17.4 Å². The molecule has 0 saturated carbocycles. The van der Waals surface area contributed by atoms with Gasteiger partial charge in [-0.05, 0) is 32.1 Å². The molecule has 0 spiro atoms. The summed E-state index contributed by atoms with van der Waals surface area (Å²) in [5.41, 5.74) is 0. The quantitative estimate of drug-likeness (QED) is 0.0199. The first-order valence-electron chi connectivity index (χ1n) is 21.9. The highest BCUT2D eigenvalue weighted by molar-refractivity contribution is 7.45. The van der Waals surface area contributed by atoms with Crippen LogP contribution in [0.1, 0.15) is 200 Å². The van der Waals surface area contributed by atoms with Gasteiger partial charge in [0.1, 0.15) is 19.8 Å². The molecule has 53 heavy (non-hydrogen) atoms. The number of esters is 2. The van der Waals surface area contributed by atoms with E-state index in [1.807, 2.05) is 21.1 Å². The zero-order chi connectivity index (χ0) is 39.3. The number of phosphoric acid groups is 1. The Morgan fingerprint density at radius 2 is 0.981 bits per heavy atom. The third kappa shape index (κ3) is 40.2. The van der Waals surface area contributed by atoms with Crippen molar-refractivity contribution < 1.29 is 42.1 Å². The molecule has 314 valence electrons. The number of hydrogen-bond acceptors (Lipinski definition) is 8. The van der Waals surface area contributed by atoms with Gasteiger partial charge in [-0.3, -0.25) is 14.2 Å². The molecule has 0 aliphatic rings. The molecule has 0 fully saturated rings. The predicted octanol–water partition coefficient (Wildman–Crippen LogP) is 11.6. The van der Waals surface area contributed by atoms with E-state index in [-0.39, 0.29) is 26.1 Å². The fourth-order valence-electron chi connectivity index (χ4n) is 6.05. The van der Waals surface area contributed by atoms with Gasteiger partial charge in [0.25, 0.3) is 7.82 Å². The van der Waals surface area contributed by atoms with Gasteiger partial charge in [-0.1, -0.05) is 167 Å². The Hall–Kier alpha value is -1.25. The molecule has 2 atom stereocenters. The monoisotopic (exact) mass is 774 g/mol. The van der Waals surface area contributed by atoms with E-state index >= 15 is 0 Å². The van der Waals surface area contributed by atoms with Gasteiger partial charge < -0.3 is 27.9 Å². The molecule has 0 aromatic carbocycles. The summed E-state index contributed by atoms with van der Waals surface area (Å²) >= 11 is 0. The van der Waals surface area contributed by atoms with Crippen molar-refractivity contribution in [1.82, 2.24) is 0 Å². The molecule has 0 radical (unpaired) electrons. The molecule has 0 aromatic rings. The van der Waals surface area contributed by atoms with E-state index in [0.717, 1.165) is 57.8 Å². The second-order valence-electron chi connectivity index (χ2n) is 16.1. The lowest BCUT2D eigenvalue weighted by atomic mass is 10.0. The van der Waals surface area contributed by atoms with Crippen molar-refractivity contribution in [2.24, 2.45) is 0 Å². The second-order valence-corrected chi connectivity index (χ2v) is 17.5. The molecule has 0 aliphatic carbocycles. The van der Waals surface area contributed by atoms with Crippen molar-refractivity contribution in [1.29, 1.82) is 0 Å². The SMILES string of the molecule is CCCC/C=C/CCCCCCCC(=O)OC[C@H](COP(=O)([O-])OCC[N+](C)(C)C)OC(=O)CCCCCCCCCCCCCCCCCCCC. The van der Waals surface area contributed by atoms with Crippen LogP contribution in [0.3, 0.4) is 0 Å². The number of nitrogens with zero attached hydrogens (tertiary/aromatic N) is 1. The van der Waals surface area contributed by atoms with Crippen LogP contribution in [0.25, 0.3) is 0 Å². The highest BCUT2D eigenvalue weighted by Gasteiger charge is 2.21. The number of ether oxygens (including phenoxy) is 2. The lowest BCUT2D eigenvalue weighted by Crippen LogP contribution is -2.37. The third-order valence-corrected chi connectivity index (χ3v) is 10.5. The summed E-state index contributed by atoms with van der Waals surface area (Å²) in [5.74, 6) is -0.837. The van der Waals surface area contributed by atoms with Crippen LogP contribution in [-0.4, -0.2) is 70.0 Å². The van der Waals surface area contributed by atoms with Gasteiger partial charge in [-0.15, -0.1) is 0 Å². The minimum Gasteiger partial charge on any atom is -0.756 e. The Morgan fingerprint density at radius 3 is 1.45 bits per heavy atom. The first kappa shape index (κ1) is 51.8. The number of carbonyl (C=O) groups excluding carboxylic acids is 2. The largest absolute Gasteiger partial charge is 0.756 e. The highest BCUT2D eigenvalue weighted by atomic mass is 31.2. The second kappa shape index (κ2) is 36.4. The highest BCUT2D eigenvalue weighted by Crippen LogP contribution is 2.38.